The van der Waals surface area contributed by atoms with Gasteiger partial charge in [-0.25, -0.2) is 0 Å². The van der Waals surface area contributed by atoms with Crippen molar-refractivity contribution < 1.29 is 0 Å². The second-order valence-electron chi connectivity index (χ2n) is 7.34. The van der Waals surface area contributed by atoms with E-state index < -0.39 is 0 Å². The lowest BCUT2D eigenvalue weighted by atomic mass is 10.0. The summed E-state index contributed by atoms with van der Waals surface area (Å²) in [5.74, 6) is 0.833. The van der Waals surface area contributed by atoms with Crippen LogP contribution in [0.1, 0.15) is 45.1 Å². The molecule has 0 amide bonds. The molecule has 0 unspecified atom stereocenters. The summed E-state index contributed by atoms with van der Waals surface area (Å²) >= 11 is 0. The summed E-state index contributed by atoms with van der Waals surface area (Å²) in [6.07, 6.45) is 6.54. The maximum atomic E-state index is 3.56. The van der Waals surface area contributed by atoms with Crippen LogP contribution in [0.15, 0.2) is 66.7 Å². The molecule has 1 nitrogen and oxygen atoms in total. The molecule has 1 N–H and O–H groups in total. The molecule has 0 bridgehead atoms. The fraction of sp³-hybridized carbons (Fsp3) is 0.333. The lowest BCUT2D eigenvalue weighted by molar-refractivity contribution is 0.527. The summed E-state index contributed by atoms with van der Waals surface area (Å²) in [6, 6.07) is 23.8. The van der Waals surface area contributed by atoms with Gasteiger partial charge in [-0.3, -0.25) is 0 Å². The maximum absolute atomic E-state index is 3.56. The minimum atomic E-state index is 0.833. The minimum Gasteiger partial charge on any atom is -0.355 e. The number of hydrogen-bond donors (Lipinski definition) is 1. The predicted molar refractivity (Wildman–Crippen MR) is 111 cm³/mol. The van der Waals surface area contributed by atoms with Crippen molar-refractivity contribution in [3.05, 3.63) is 72.3 Å². The normalized spacial score (nSPS) is 11.2. The van der Waals surface area contributed by atoms with Gasteiger partial charge in [-0.1, -0.05) is 81.6 Å². The third kappa shape index (κ3) is 5.09. The van der Waals surface area contributed by atoms with E-state index in [0.29, 0.717) is 0 Å². The van der Waals surface area contributed by atoms with E-state index in [-0.39, 0.29) is 0 Å². The lowest BCUT2D eigenvalue weighted by Crippen LogP contribution is -1.93. The van der Waals surface area contributed by atoms with Crippen LogP contribution in [0.2, 0.25) is 0 Å². The van der Waals surface area contributed by atoms with Gasteiger partial charge in [0.2, 0.25) is 0 Å². The molecule has 3 aromatic rings. The van der Waals surface area contributed by atoms with Crippen LogP contribution >= 0.6 is 0 Å². The summed E-state index contributed by atoms with van der Waals surface area (Å²) in [6.45, 7) is 4.61. The van der Waals surface area contributed by atoms with Gasteiger partial charge in [0.1, 0.15) is 0 Å². The first-order chi connectivity index (χ1) is 12.2. The van der Waals surface area contributed by atoms with Gasteiger partial charge in [0.15, 0.2) is 0 Å². The number of aryl methyl sites for hydroxylation is 1. The molecule has 0 aromatic heterocycles. The highest BCUT2D eigenvalue weighted by atomic mass is 14.9. The highest BCUT2D eigenvalue weighted by Gasteiger charge is 2.01. The molecule has 130 valence electrons. The summed E-state index contributed by atoms with van der Waals surface area (Å²) in [4.78, 5) is 0. The van der Waals surface area contributed by atoms with Crippen molar-refractivity contribution in [2.24, 2.45) is 5.92 Å². The molecule has 0 heterocycles. The zero-order chi connectivity index (χ0) is 17.5. The first kappa shape index (κ1) is 17.5. The zero-order valence-corrected chi connectivity index (χ0v) is 15.5. The first-order valence-corrected chi connectivity index (χ1v) is 9.56. The Morgan fingerprint density at radius 3 is 2.32 bits per heavy atom. The average molecular weight is 332 g/mol. The van der Waals surface area contributed by atoms with Crippen molar-refractivity contribution >= 4 is 22.1 Å². The molecule has 3 aromatic carbocycles. The van der Waals surface area contributed by atoms with Crippen LogP contribution in [-0.2, 0) is 6.42 Å². The number of fused-ring (bicyclic) bond motifs is 1. The molecule has 0 aliphatic heterocycles. The van der Waals surface area contributed by atoms with Crippen LogP contribution in [0.4, 0.5) is 11.4 Å². The zero-order valence-electron chi connectivity index (χ0n) is 15.5. The van der Waals surface area contributed by atoms with E-state index in [0.717, 1.165) is 11.6 Å². The Morgan fingerprint density at radius 1 is 0.760 bits per heavy atom. The van der Waals surface area contributed by atoms with Crippen LogP contribution in [0.25, 0.3) is 10.8 Å². The molecule has 3 rings (SSSR count). The van der Waals surface area contributed by atoms with E-state index >= 15 is 0 Å². The van der Waals surface area contributed by atoms with Crippen molar-refractivity contribution in [2.75, 3.05) is 5.32 Å². The Morgan fingerprint density at radius 2 is 1.52 bits per heavy atom. The summed E-state index contributed by atoms with van der Waals surface area (Å²) in [5.41, 5.74) is 3.76. The lowest BCUT2D eigenvalue weighted by Gasteiger charge is -2.11. The molecular weight excluding hydrogens is 302 g/mol. The molecular formula is C24H29N. The Balaban J connectivity index is 1.57. The van der Waals surface area contributed by atoms with E-state index in [4.69, 9.17) is 0 Å². The summed E-state index contributed by atoms with van der Waals surface area (Å²) < 4.78 is 0. The highest BCUT2D eigenvalue weighted by Crippen LogP contribution is 2.26. The summed E-state index contributed by atoms with van der Waals surface area (Å²) in [5, 5.41) is 6.10. The van der Waals surface area contributed by atoms with Gasteiger partial charge in [-0.2, -0.15) is 0 Å². The fourth-order valence-electron chi connectivity index (χ4n) is 3.30. The number of unbranched alkanes of at least 4 members (excludes halogenated alkanes) is 2. The van der Waals surface area contributed by atoms with Crippen molar-refractivity contribution in [3.63, 3.8) is 0 Å². The van der Waals surface area contributed by atoms with Crippen LogP contribution < -0.4 is 5.32 Å². The van der Waals surface area contributed by atoms with Gasteiger partial charge in [0, 0.05) is 16.8 Å². The van der Waals surface area contributed by atoms with Gasteiger partial charge in [0.05, 0.1) is 0 Å². The van der Waals surface area contributed by atoms with Gasteiger partial charge >= 0.3 is 0 Å². The smallest absolute Gasteiger partial charge is 0.0463 e. The number of benzene rings is 3. The van der Waals surface area contributed by atoms with Gasteiger partial charge in [-0.15, -0.1) is 0 Å². The largest absolute Gasteiger partial charge is 0.355 e. The molecule has 25 heavy (non-hydrogen) atoms. The quantitative estimate of drug-likeness (QED) is 0.426. The van der Waals surface area contributed by atoms with E-state index in [1.54, 1.807) is 0 Å². The molecule has 0 saturated carbocycles. The van der Waals surface area contributed by atoms with Gasteiger partial charge < -0.3 is 5.32 Å². The molecule has 0 fully saturated rings. The molecule has 0 spiro atoms. The Labute approximate surface area is 152 Å². The van der Waals surface area contributed by atoms with Gasteiger partial charge in [0.25, 0.3) is 0 Å². The Kier molecular flexibility index (Phi) is 6.11. The van der Waals surface area contributed by atoms with E-state index in [9.17, 15) is 0 Å². The standard InChI is InChI=1S/C24H29N/c1-19(2)9-4-3-5-10-20-15-17-22(18-16-20)25-24-14-8-12-21-11-6-7-13-23(21)24/h6-8,11-19,25H,3-5,9-10H2,1-2H3. The van der Waals surface area contributed by atoms with Crippen LogP contribution in [0.5, 0.6) is 0 Å². The third-order valence-corrected chi connectivity index (χ3v) is 4.77. The number of rotatable bonds is 8. The highest BCUT2D eigenvalue weighted by molar-refractivity contribution is 5.95. The Bertz CT molecular complexity index is 781. The predicted octanol–water partition coefficient (Wildman–Crippen LogP) is 7.34. The van der Waals surface area contributed by atoms with Crippen LogP contribution in [0.3, 0.4) is 0 Å². The SMILES string of the molecule is CC(C)CCCCCc1ccc(Nc2cccc3ccccc23)cc1. The van der Waals surface area contributed by atoms with E-state index in [1.807, 2.05) is 0 Å². The molecule has 0 radical (unpaired) electrons. The summed E-state index contributed by atoms with van der Waals surface area (Å²) in [7, 11) is 0. The third-order valence-electron chi connectivity index (χ3n) is 4.77. The second kappa shape index (κ2) is 8.71. The van der Waals surface area contributed by atoms with Crippen molar-refractivity contribution in [3.8, 4) is 0 Å². The second-order valence-corrected chi connectivity index (χ2v) is 7.34. The molecule has 0 aliphatic carbocycles. The maximum Gasteiger partial charge on any atom is 0.0463 e. The topological polar surface area (TPSA) is 12.0 Å². The average Bonchev–Trinajstić information content (AvgIpc) is 2.63. The van der Waals surface area contributed by atoms with Crippen molar-refractivity contribution in [1.82, 2.24) is 0 Å². The number of anilines is 2. The van der Waals surface area contributed by atoms with E-state index in [2.05, 4.69) is 85.9 Å². The number of nitrogens with one attached hydrogen (secondary N) is 1. The molecule has 0 aliphatic rings. The number of hydrogen-bond acceptors (Lipinski definition) is 1. The van der Waals surface area contributed by atoms with Crippen molar-refractivity contribution in [1.29, 1.82) is 0 Å². The molecule has 0 saturated heterocycles. The van der Waals surface area contributed by atoms with Gasteiger partial charge in [-0.05, 0) is 47.9 Å². The van der Waals surface area contributed by atoms with Crippen LogP contribution in [0, 0.1) is 5.92 Å². The fourth-order valence-corrected chi connectivity index (χ4v) is 3.30. The molecule has 0 atom stereocenters. The monoisotopic (exact) mass is 331 g/mol. The first-order valence-electron chi connectivity index (χ1n) is 9.56. The van der Waals surface area contributed by atoms with Crippen molar-refractivity contribution in [2.45, 2.75) is 46.0 Å². The molecule has 1 heteroatoms. The van der Waals surface area contributed by atoms with Crippen LogP contribution in [-0.4, -0.2) is 0 Å². The Hall–Kier alpha value is -2.28. The minimum absolute atomic E-state index is 0.833. The van der Waals surface area contributed by atoms with E-state index in [1.165, 1.54) is 54.1 Å².